The van der Waals surface area contributed by atoms with Crippen LogP contribution in [0.25, 0.3) is 11.2 Å². The first-order valence-electron chi connectivity index (χ1n) is 8.81. The summed E-state index contributed by atoms with van der Waals surface area (Å²) in [7, 11) is 2.90. The normalized spacial score (nSPS) is 11.2. The van der Waals surface area contributed by atoms with Crippen molar-refractivity contribution in [2.45, 2.75) is 13.0 Å². The Hall–Kier alpha value is -3.31. The summed E-state index contributed by atoms with van der Waals surface area (Å²) in [5, 5.41) is 12.5. The van der Waals surface area contributed by atoms with Gasteiger partial charge in [-0.2, -0.15) is 0 Å². The highest BCUT2D eigenvalue weighted by molar-refractivity contribution is 7.15. The molecule has 154 valence electrons. The fourth-order valence-electron chi connectivity index (χ4n) is 2.98. The number of nitrogens with one attached hydrogen (secondary N) is 1. The van der Waals surface area contributed by atoms with Gasteiger partial charge in [0.05, 0.1) is 6.33 Å². The summed E-state index contributed by atoms with van der Waals surface area (Å²) >= 11 is 7.15. The molecule has 4 rings (SSSR count). The molecule has 3 heterocycles. The molecule has 0 unspecified atom stereocenters. The van der Waals surface area contributed by atoms with Crippen LogP contribution in [0.4, 0.5) is 5.13 Å². The van der Waals surface area contributed by atoms with Gasteiger partial charge in [-0.15, -0.1) is 10.2 Å². The number of rotatable bonds is 5. The lowest BCUT2D eigenvalue weighted by molar-refractivity contribution is -0.116. The standard InChI is InChI=1S/C18H16ClN7O3S/c1-24-15-14(16(28)25(2)18(24)29)26(9-20-15)8-12(27)21-17-23-22-13(30-17)7-10-3-5-11(19)6-4-10/h3-6,9H,7-8H2,1-2H3,(H,21,23,27). The zero-order valence-electron chi connectivity index (χ0n) is 16.0. The molecule has 0 bridgehead atoms. The second-order valence-electron chi connectivity index (χ2n) is 6.60. The molecule has 0 atom stereocenters. The number of carbonyl (C=O) groups is 1. The molecule has 0 spiro atoms. The number of aryl methyl sites for hydroxylation is 1. The zero-order valence-corrected chi connectivity index (χ0v) is 17.6. The van der Waals surface area contributed by atoms with E-state index >= 15 is 0 Å². The van der Waals surface area contributed by atoms with Crippen molar-refractivity contribution in [2.24, 2.45) is 14.1 Å². The quantitative estimate of drug-likeness (QED) is 0.492. The molecule has 30 heavy (non-hydrogen) atoms. The van der Waals surface area contributed by atoms with Crippen LogP contribution in [0.15, 0.2) is 40.2 Å². The largest absolute Gasteiger partial charge is 0.332 e. The lowest BCUT2D eigenvalue weighted by Crippen LogP contribution is -2.37. The highest BCUT2D eigenvalue weighted by Gasteiger charge is 2.17. The van der Waals surface area contributed by atoms with Crippen molar-refractivity contribution in [3.63, 3.8) is 0 Å². The molecule has 4 aromatic rings. The Labute approximate surface area is 178 Å². The number of hydrogen-bond acceptors (Lipinski definition) is 7. The Bertz CT molecular complexity index is 1370. The van der Waals surface area contributed by atoms with Gasteiger partial charge in [0.25, 0.3) is 5.56 Å². The Morgan fingerprint density at radius 3 is 2.60 bits per heavy atom. The molecule has 0 aliphatic rings. The molecule has 1 aromatic carbocycles. The van der Waals surface area contributed by atoms with Crippen LogP contribution in [-0.2, 0) is 31.9 Å². The second kappa shape index (κ2) is 7.84. The van der Waals surface area contributed by atoms with E-state index in [1.165, 1.54) is 40.9 Å². The number of amides is 1. The van der Waals surface area contributed by atoms with E-state index in [0.717, 1.165) is 15.1 Å². The first kappa shape index (κ1) is 20.0. The van der Waals surface area contributed by atoms with Gasteiger partial charge in [-0.25, -0.2) is 9.78 Å². The van der Waals surface area contributed by atoms with Crippen LogP contribution in [0.5, 0.6) is 0 Å². The molecule has 1 amide bonds. The summed E-state index contributed by atoms with van der Waals surface area (Å²) in [6, 6.07) is 7.41. The molecular formula is C18H16ClN7O3S. The predicted octanol–water partition coefficient (Wildman–Crippen LogP) is 1.17. The third kappa shape index (κ3) is 3.76. The monoisotopic (exact) mass is 445 g/mol. The van der Waals surface area contributed by atoms with E-state index in [4.69, 9.17) is 11.6 Å². The van der Waals surface area contributed by atoms with Crippen molar-refractivity contribution < 1.29 is 4.79 Å². The summed E-state index contributed by atoms with van der Waals surface area (Å²) < 4.78 is 3.65. The number of benzene rings is 1. The van der Waals surface area contributed by atoms with Gasteiger partial charge in [0.2, 0.25) is 11.0 Å². The second-order valence-corrected chi connectivity index (χ2v) is 8.10. The third-order valence-electron chi connectivity index (χ3n) is 4.51. The molecule has 10 nitrogen and oxygen atoms in total. The summed E-state index contributed by atoms with van der Waals surface area (Å²) in [6.07, 6.45) is 1.93. The van der Waals surface area contributed by atoms with Gasteiger partial charge in [0, 0.05) is 25.5 Å². The molecule has 3 aromatic heterocycles. The molecule has 1 N–H and O–H groups in total. The lowest BCUT2D eigenvalue weighted by Gasteiger charge is -2.06. The van der Waals surface area contributed by atoms with Gasteiger partial charge in [-0.3, -0.25) is 24.0 Å². The topological polar surface area (TPSA) is 117 Å². The highest BCUT2D eigenvalue weighted by Crippen LogP contribution is 2.20. The Morgan fingerprint density at radius 2 is 1.87 bits per heavy atom. The summed E-state index contributed by atoms with van der Waals surface area (Å²) in [5.41, 5.74) is 0.427. The zero-order chi connectivity index (χ0) is 21.4. The third-order valence-corrected chi connectivity index (χ3v) is 5.60. The van der Waals surface area contributed by atoms with Gasteiger partial charge in [0.15, 0.2) is 11.2 Å². The summed E-state index contributed by atoms with van der Waals surface area (Å²) in [5.74, 6) is -0.389. The van der Waals surface area contributed by atoms with Gasteiger partial charge >= 0.3 is 5.69 Å². The maximum atomic E-state index is 12.5. The van der Waals surface area contributed by atoms with Gasteiger partial charge < -0.3 is 4.57 Å². The van der Waals surface area contributed by atoms with Crippen molar-refractivity contribution in [1.82, 2.24) is 28.9 Å². The maximum Gasteiger partial charge on any atom is 0.332 e. The average Bonchev–Trinajstić information content (AvgIpc) is 3.33. The minimum atomic E-state index is -0.514. The van der Waals surface area contributed by atoms with Crippen molar-refractivity contribution in [3.05, 3.63) is 67.0 Å². The van der Waals surface area contributed by atoms with E-state index in [1.807, 2.05) is 12.1 Å². The highest BCUT2D eigenvalue weighted by atomic mass is 35.5. The van der Waals surface area contributed by atoms with Crippen LogP contribution in [0.2, 0.25) is 5.02 Å². The molecule has 0 radical (unpaired) electrons. The minimum Gasteiger partial charge on any atom is -0.315 e. The van der Waals surface area contributed by atoms with Crippen molar-refractivity contribution >= 4 is 45.1 Å². The maximum absolute atomic E-state index is 12.5. The molecule has 0 saturated carbocycles. The van der Waals surface area contributed by atoms with E-state index in [0.29, 0.717) is 16.6 Å². The number of carbonyl (C=O) groups excluding carboxylic acids is 1. The number of fused-ring (bicyclic) bond motifs is 1. The summed E-state index contributed by atoms with van der Waals surface area (Å²) in [6.45, 7) is -0.157. The van der Waals surface area contributed by atoms with Gasteiger partial charge in [0.1, 0.15) is 11.6 Å². The van der Waals surface area contributed by atoms with Gasteiger partial charge in [-0.05, 0) is 17.7 Å². The lowest BCUT2D eigenvalue weighted by atomic mass is 10.2. The van der Waals surface area contributed by atoms with Crippen LogP contribution in [0.1, 0.15) is 10.6 Å². The summed E-state index contributed by atoms with van der Waals surface area (Å²) in [4.78, 5) is 41.0. The van der Waals surface area contributed by atoms with Gasteiger partial charge in [-0.1, -0.05) is 35.1 Å². The van der Waals surface area contributed by atoms with E-state index in [2.05, 4.69) is 20.5 Å². The van der Waals surface area contributed by atoms with E-state index in [-0.39, 0.29) is 23.6 Å². The number of anilines is 1. The van der Waals surface area contributed by atoms with Crippen LogP contribution < -0.4 is 16.6 Å². The van der Waals surface area contributed by atoms with Crippen LogP contribution >= 0.6 is 22.9 Å². The van der Waals surface area contributed by atoms with Crippen LogP contribution in [0.3, 0.4) is 0 Å². The first-order valence-corrected chi connectivity index (χ1v) is 10.0. The Balaban J connectivity index is 1.49. The molecule has 12 heteroatoms. The Morgan fingerprint density at radius 1 is 1.13 bits per heavy atom. The van der Waals surface area contributed by atoms with Crippen molar-refractivity contribution in [1.29, 1.82) is 0 Å². The number of aromatic nitrogens is 6. The van der Waals surface area contributed by atoms with E-state index in [1.54, 1.807) is 12.1 Å². The first-order chi connectivity index (χ1) is 14.3. The average molecular weight is 446 g/mol. The van der Waals surface area contributed by atoms with Crippen molar-refractivity contribution in [2.75, 3.05) is 5.32 Å². The minimum absolute atomic E-state index is 0.157. The molecule has 0 fully saturated rings. The van der Waals surface area contributed by atoms with Crippen LogP contribution in [0, 0.1) is 0 Å². The fraction of sp³-hybridized carbons (Fsp3) is 0.222. The van der Waals surface area contributed by atoms with E-state index in [9.17, 15) is 14.4 Å². The Kier molecular flexibility index (Phi) is 5.22. The molecule has 0 saturated heterocycles. The van der Waals surface area contributed by atoms with E-state index < -0.39 is 11.2 Å². The number of halogens is 1. The fourth-order valence-corrected chi connectivity index (χ4v) is 3.90. The number of nitrogens with zero attached hydrogens (tertiary/aromatic N) is 6. The predicted molar refractivity (Wildman–Crippen MR) is 113 cm³/mol. The molecular weight excluding hydrogens is 430 g/mol. The SMILES string of the molecule is Cn1c(=O)c2c(ncn2CC(=O)Nc2nnc(Cc3ccc(Cl)cc3)s2)n(C)c1=O. The van der Waals surface area contributed by atoms with Crippen LogP contribution in [-0.4, -0.2) is 34.8 Å². The number of imidazole rings is 1. The molecule has 0 aliphatic heterocycles. The number of hydrogen-bond donors (Lipinski definition) is 1. The van der Waals surface area contributed by atoms with Crippen molar-refractivity contribution in [3.8, 4) is 0 Å². The smallest absolute Gasteiger partial charge is 0.315 e. The molecule has 0 aliphatic carbocycles.